The van der Waals surface area contributed by atoms with E-state index in [-0.39, 0.29) is 5.91 Å². The van der Waals surface area contributed by atoms with E-state index in [0.29, 0.717) is 19.4 Å². The van der Waals surface area contributed by atoms with E-state index in [4.69, 9.17) is 5.26 Å². The molecule has 3 heteroatoms. The van der Waals surface area contributed by atoms with Crippen LogP contribution in [0.1, 0.15) is 18.4 Å². The summed E-state index contributed by atoms with van der Waals surface area (Å²) in [4.78, 5) is 11.8. The van der Waals surface area contributed by atoms with Crippen LogP contribution in [0.5, 0.6) is 0 Å². The van der Waals surface area contributed by atoms with Crippen LogP contribution in [0.15, 0.2) is 42.5 Å². The third-order valence-corrected chi connectivity index (χ3v) is 3.91. The van der Waals surface area contributed by atoms with Gasteiger partial charge in [-0.2, -0.15) is 5.26 Å². The second-order valence-corrected chi connectivity index (χ2v) is 5.38. The minimum Gasteiger partial charge on any atom is -0.354 e. The zero-order valence-corrected chi connectivity index (χ0v) is 11.2. The number of nitrogens with one attached hydrogen (secondary N) is 1. The number of nitrogens with zero attached hydrogens (tertiary/aromatic N) is 1. The van der Waals surface area contributed by atoms with Crippen LogP contribution in [0.4, 0.5) is 0 Å². The van der Waals surface area contributed by atoms with Gasteiger partial charge in [0.15, 0.2) is 0 Å². The van der Waals surface area contributed by atoms with E-state index < -0.39 is 5.41 Å². The van der Waals surface area contributed by atoms with Gasteiger partial charge >= 0.3 is 0 Å². The molecule has 1 saturated carbocycles. The number of fused-ring (bicyclic) bond motifs is 1. The first-order valence-electron chi connectivity index (χ1n) is 6.91. The van der Waals surface area contributed by atoms with Crippen LogP contribution in [0.25, 0.3) is 10.8 Å². The third kappa shape index (κ3) is 2.37. The van der Waals surface area contributed by atoms with Crippen molar-refractivity contribution < 1.29 is 4.79 Å². The van der Waals surface area contributed by atoms with Crippen LogP contribution in [0.3, 0.4) is 0 Å². The Kier molecular flexibility index (Phi) is 3.15. The molecular formula is C17H16N2O. The minimum absolute atomic E-state index is 0.110. The van der Waals surface area contributed by atoms with E-state index in [0.717, 1.165) is 6.42 Å². The fourth-order valence-electron chi connectivity index (χ4n) is 2.40. The summed E-state index contributed by atoms with van der Waals surface area (Å²) in [5.41, 5.74) is 0.481. The average molecular weight is 264 g/mol. The fraction of sp³-hybridized carbons (Fsp3) is 0.294. The molecule has 3 nitrogen and oxygen atoms in total. The Morgan fingerprint density at radius 1 is 1.20 bits per heavy atom. The maximum atomic E-state index is 11.8. The van der Waals surface area contributed by atoms with Gasteiger partial charge in [0.1, 0.15) is 5.41 Å². The molecule has 1 aliphatic carbocycles. The summed E-state index contributed by atoms with van der Waals surface area (Å²) >= 11 is 0. The lowest BCUT2D eigenvalue weighted by atomic mass is 10.0. The van der Waals surface area contributed by atoms with Crippen molar-refractivity contribution in [2.75, 3.05) is 6.54 Å². The van der Waals surface area contributed by atoms with Crippen molar-refractivity contribution in [1.29, 1.82) is 5.26 Å². The summed E-state index contributed by atoms with van der Waals surface area (Å²) in [6, 6.07) is 16.7. The molecule has 0 aliphatic heterocycles. The molecule has 0 saturated heterocycles. The van der Waals surface area contributed by atoms with Gasteiger partial charge in [-0.3, -0.25) is 4.79 Å². The van der Waals surface area contributed by atoms with Crippen molar-refractivity contribution >= 4 is 16.7 Å². The van der Waals surface area contributed by atoms with Crippen molar-refractivity contribution in [1.82, 2.24) is 5.32 Å². The molecule has 100 valence electrons. The van der Waals surface area contributed by atoms with Crippen LogP contribution >= 0.6 is 0 Å². The van der Waals surface area contributed by atoms with E-state index in [1.165, 1.54) is 16.3 Å². The molecule has 2 aromatic rings. The number of benzene rings is 2. The number of rotatable bonds is 4. The van der Waals surface area contributed by atoms with Crippen molar-refractivity contribution in [3.8, 4) is 6.07 Å². The molecule has 1 N–H and O–H groups in total. The van der Waals surface area contributed by atoms with Crippen molar-refractivity contribution in [2.45, 2.75) is 19.3 Å². The quantitative estimate of drug-likeness (QED) is 0.923. The van der Waals surface area contributed by atoms with Gasteiger partial charge in [-0.25, -0.2) is 0 Å². The largest absolute Gasteiger partial charge is 0.354 e. The fourth-order valence-corrected chi connectivity index (χ4v) is 2.40. The molecule has 1 amide bonds. The Balaban J connectivity index is 1.60. The summed E-state index contributed by atoms with van der Waals surface area (Å²) in [5.74, 6) is -0.110. The zero-order valence-electron chi connectivity index (χ0n) is 11.2. The normalized spacial score (nSPS) is 15.6. The van der Waals surface area contributed by atoms with Crippen molar-refractivity contribution in [3.05, 3.63) is 48.0 Å². The second-order valence-electron chi connectivity index (χ2n) is 5.38. The van der Waals surface area contributed by atoms with Crippen LogP contribution in [-0.4, -0.2) is 12.5 Å². The Hall–Kier alpha value is -2.34. The predicted molar refractivity (Wildman–Crippen MR) is 77.9 cm³/mol. The topological polar surface area (TPSA) is 52.9 Å². The standard InChI is InChI=1S/C17H16N2O/c18-12-17(8-9-17)16(20)19-10-7-13-5-6-14-3-1-2-4-15(14)11-13/h1-6,11H,7-10H2,(H,19,20). The van der Waals surface area contributed by atoms with Crippen LogP contribution in [0.2, 0.25) is 0 Å². The van der Waals surface area contributed by atoms with Gasteiger partial charge < -0.3 is 5.32 Å². The van der Waals surface area contributed by atoms with E-state index in [2.05, 4.69) is 41.7 Å². The van der Waals surface area contributed by atoms with E-state index >= 15 is 0 Å². The third-order valence-electron chi connectivity index (χ3n) is 3.91. The summed E-state index contributed by atoms with van der Waals surface area (Å²) < 4.78 is 0. The maximum absolute atomic E-state index is 11.8. The summed E-state index contributed by atoms with van der Waals surface area (Å²) in [6.07, 6.45) is 2.19. The molecule has 0 heterocycles. The van der Waals surface area contributed by atoms with Crippen molar-refractivity contribution in [3.63, 3.8) is 0 Å². The van der Waals surface area contributed by atoms with E-state index in [1.807, 2.05) is 12.1 Å². The predicted octanol–water partition coefficient (Wildman–Crippen LogP) is 2.80. The highest BCUT2D eigenvalue weighted by Crippen LogP contribution is 2.44. The molecule has 1 fully saturated rings. The number of amides is 1. The first kappa shape index (κ1) is 12.7. The molecule has 2 aromatic carbocycles. The Labute approximate surface area is 118 Å². The van der Waals surface area contributed by atoms with Gasteiger partial charge in [-0.05, 0) is 35.6 Å². The highest BCUT2D eigenvalue weighted by atomic mass is 16.2. The van der Waals surface area contributed by atoms with Gasteiger partial charge in [0.25, 0.3) is 0 Å². The number of carbonyl (C=O) groups is 1. The average Bonchev–Trinajstić information content (AvgIpc) is 3.28. The molecular weight excluding hydrogens is 248 g/mol. The number of hydrogen-bond acceptors (Lipinski definition) is 2. The maximum Gasteiger partial charge on any atom is 0.240 e. The molecule has 1 aliphatic rings. The van der Waals surface area contributed by atoms with Gasteiger partial charge in [0.2, 0.25) is 5.91 Å². The lowest BCUT2D eigenvalue weighted by Gasteiger charge is -2.08. The second kappa shape index (κ2) is 4.97. The molecule has 3 rings (SSSR count). The Morgan fingerprint density at radius 2 is 1.95 bits per heavy atom. The number of carbonyl (C=O) groups excluding carboxylic acids is 1. The molecule has 0 atom stereocenters. The van der Waals surface area contributed by atoms with E-state index in [1.54, 1.807) is 0 Å². The van der Waals surface area contributed by atoms with Crippen LogP contribution in [-0.2, 0) is 11.2 Å². The monoisotopic (exact) mass is 264 g/mol. The van der Waals surface area contributed by atoms with Gasteiger partial charge in [-0.1, -0.05) is 42.5 Å². The number of nitriles is 1. The van der Waals surface area contributed by atoms with Crippen LogP contribution in [0, 0.1) is 16.7 Å². The first-order chi connectivity index (χ1) is 9.73. The lowest BCUT2D eigenvalue weighted by Crippen LogP contribution is -2.32. The van der Waals surface area contributed by atoms with Gasteiger partial charge in [0.05, 0.1) is 6.07 Å². The van der Waals surface area contributed by atoms with Crippen molar-refractivity contribution in [2.24, 2.45) is 5.41 Å². The van der Waals surface area contributed by atoms with E-state index in [9.17, 15) is 4.79 Å². The zero-order chi connectivity index (χ0) is 14.0. The minimum atomic E-state index is -0.719. The first-order valence-corrected chi connectivity index (χ1v) is 6.91. The summed E-state index contributed by atoms with van der Waals surface area (Å²) in [7, 11) is 0. The SMILES string of the molecule is N#CC1(C(=O)NCCc2ccc3ccccc3c2)CC1. The highest BCUT2D eigenvalue weighted by molar-refractivity contribution is 5.88. The molecule has 0 bridgehead atoms. The number of hydrogen-bond donors (Lipinski definition) is 1. The Bertz CT molecular complexity index is 695. The molecule has 0 unspecified atom stereocenters. The molecule has 20 heavy (non-hydrogen) atoms. The highest BCUT2D eigenvalue weighted by Gasteiger charge is 2.50. The summed E-state index contributed by atoms with van der Waals surface area (Å²) in [5, 5.41) is 14.3. The summed E-state index contributed by atoms with van der Waals surface area (Å²) in [6.45, 7) is 0.584. The molecule has 0 aromatic heterocycles. The molecule has 0 spiro atoms. The van der Waals surface area contributed by atoms with Gasteiger partial charge in [-0.15, -0.1) is 0 Å². The van der Waals surface area contributed by atoms with Gasteiger partial charge in [0, 0.05) is 6.54 Å². The Morgan fingerprint density at radius 3 is 2.65 bits per heavy atom. The lowest BCUT2D eigenvalue weighted by molar-refractivity contribution is -0.124. The molecule has 0 radical (unpaired) electrons. The van der Waals surface area contributed by atoms with Crippen LogP contribution < -0.4 is 5.32 Å². The smallest absolute Gasteiger partial charge is 0.240 e.